The van der Waals surface area contributed by atoms with Crippen LogP contribution in [0, 0.1) is 0 Å². The third-order valence-corrected chi connectivity index (χ3v) is 5.32. The maximum atomic E-state index is 12.7. The number of benzene rings is 1. The average Bonchev–Trinajstić information content (AvgIpc) is 3.41. The van der Waals surface area contributed by atoms with E-state index < -0.39 is 0 Å². The molecule has 0 radical (unpaired) electrons. The summed E-state index contributed by atoms with van der Waals surface area (Å²) in [4.78, 5) is 19.1. The minimum Gasteiger partial charge on any atom is -0.496 e. The van der Waals surface area contributed by atoms with Crippen LogP contribution in [-0.2, 0) is 11.2 Å². The monoisotopic (exact) mass is 369 g/mol. The standard InChI is InChI=1S/C19H19N3O3S/c1-24-16-7-3-2-5-14(16)18-20-19(25-21-18)15-6-4-9-22(15)17(23)11-13-8-10-26-12-13/h2-3,5,7-8,10,12,15H,4,6,9,11H2,1H3/t15-/m0/s1. The molecule has 0 spiro atoms. The summed E-state index contributed by atoms with van der Waals surface area (Å²) in [6, 6.07) is 9.38. The normalized spacial score (nSPS) is 16.8. The summed E-state index contributed by atoms with van der Waals surface area (Å²) in [7, 11) is 1.61. The number of rotatable bonds is 5. The van der Waals surface area contributed by atoms with Crippen LogP contribution < -0.4 is 4.74 Å². The Morgan fingerprint density at radius 1 is 1.38 bits per heavy atom. The predicted molar refractivity (Wildman–Crippen MR) is 98.0 cm³/mol. The second-order valence-corrected chi connectivity index (χ2v) is 6.99. The van der Waals surface area contributed by atoms with E-state index in [-0.39, 0.29) is 11.9 Å². The number of carbonyl (C=O) groups excluding carboxylic acids is 1. The number of carbonyl (C=O) groups is 1. The Hall–Kier alpha value is -2.67. The number of likely N-dealkylation sites (tertiary alicyclic amines) is 1. The molecule has 0 unspecified atom stereocenters. The molecule has 3 aromatic rings. The van der Waals surface area contributed by atoms with Crippen molar-refractivity contribution in [2.75, 3.05) is 13.7 Å². The zero-order valence-corrected chi connectivity index (χ0v) is 15.2. The molecule has 1 saturated heterocycles. The number of amides is 1. The van der Waals surface area contributed by atoms with Gasteiger partial charge in [-0.1, -0.05) is 17.3 Å². The van der Waals surface area contributed by atoms with Crippen LogP contribution in [0.15, 0.2) is 45.6 Å². The van der Waals surface area contributed by atoms with E-state index in [9.17, 15) is 4.79 Å². The highest BCUT2D eigenvalue weighted by Crippen LogP contribution is 2.34. The van der Waals surface area contributed by atoms with Gasteiger partial charge in [0.2, 0.25) is 17.6 Å². The smallest absolute Gasteiger partial charge is 0.249 e. The zero-order valence-electron chi connectivity index (χ0n) is 14.4. The van der Waals surface area contributed by atoms with Crippen LogP contribution in [0.25, 0.3) is 11.4 Å². The van der Waals surface area contributed by atoms with Crippen molar-refractivity contribution in [1.82, 2.24) is 15.0 Å². The number of nitrogens with zero attached hydrogens (tertiary/aromatic N) is 3. The van der Waals surface area contributed by atoms with E-state index in [1.165, 1.54) is 0 Å². The van der Waals surface area contributed by atoms with E-state index in [2.05, 4.69) is 10.1 Å². The second-order valence-electron chi connectivity index (χ2n) is 6.21. The first-order valence-corrected chi connectivity index (χ1v) is 9.48. The fourth-order valence-electron chi connectivity index (χ4n) is 3.30. The molecule has 1 atom stereocenters. The van der Waals surface area contributed by atoms with Gasteiger partial charge in [0.1, 0.15) is 11.8 Å². The summed E-state index contributed by atoms with van der Waals surface area (Å²) in [6.45, 7) is 0.722. The summed E-state index contributed by atoms with van der Waals surface area (Å²) in [6.07, 6.45) is 2.18. The molecule has 0 saturated carbocycles. The number of para-hydroxylation sites is 1. The number of hydrogen-bond acceptors (Lipinski definition) is 6. The van der Waals surface area contributed by atoms with Gasteiger partial charge in [-0.15, -0.1) is 0 Å². The van der Waals surface area contributed by atoms with Crippen molar-refractivity contribution in [3.05, 3.63) is 52.5 Å². The van der Waals surface area contributed by atoms with E-state index in [4.69, 9.17) is 9.26 Å². The van der Waals surface area contributed by atoms with Crippen LogP contribution in [0.4, 0.5) is 0 Å². The van der Waals surface area contributed by atoms with Crippen molar-refractivity contribution in [2.24, 2.45) is 0 Å². The molecule has 0 N–H and O–H groups in total. The molecule has 1 fully saturated rings. The number of methoxy groups -OCH3 is 1. The van der Waals surface area contributed by atoms with E-state index >= 15 is 0 Å². The Labute approximate surface area is 155 Å². The first-order valence-electron chi connectivity index (χ1n) is 8.54. The van der Waals surface area contributed by atoms with Crippen molar-refractivity contribution < 1.29 is 14.1 Å². The van der Waals surface area contributed by atoms with E-state index in [0.717, 1.165) is 30.5 Å². The maximum Gasteiger partial charge on any atom is 0.249 e. The number of hydrogen-bond donors (Lipinski definition) is 0. The van der Waals surface area contributed by atoms with E-state index in [1.54, 1.807) is 18.4 Å². The van der Waals surface area contributed by atoms with Gasteiger partial charge in [-0.2, -0.15) is 16.3 Å². The third-order valence-electron chi connectivity index (χ3n) is 4.58. The molecule has 1 aliphatic heterocycles. The summed E-state index contributed by atoms with van der Waals surface area (Å²) >= 11 is 1.60. The van der Waals surface area contributed by atoms with Crippen LogP contribution in [0.2, 0.25) is 0 Å². The number of thiophene rings is 1. The lowest BCUT2D eigenvalue weighted by Crippen LogP contribution is -2.31. The van der Waals surface area contributed by atoms with Crippen LogP contribution in [0.5, 0.6) is 5.75 Å². The lowest BCUT2D eigenvalue weighted by atomic mass is 10.1. The van der Waals surface area contributed by atoms with Crippen molar-refractivity contribution in [3.8, 4) is 17.1 Å². The first kappa shape index (κ1) is 16.8. The molecular formula is C19H19N3O3S. The first-order chi connectivity index (χ1) is 12.8. The summed E-state index contributed by atoms with van der Waals surface area (Å²) < 4.78 is 10.9. The Bertz CT molecular complexity index is 891. The minimum atomic E-state index is -0.155. The third kappa shape index (κ3) is 3.22. The van der Waals surface area contributed by atoms with Crippen LogP contribution in [0.1, 0.15) is 30.3 Å². The zero-order chi connectivity index (χ0) is 17.9. The SMILES string of the molecule is COc1ccccc1-c1noc([C@@H]2CCCN2C(=O)Cc2ccsc2)n1. The van der Waals surface area contributed by atoms with Crippen molar-refractivity contribution in [2.45, 2.75) is 25.3 Å². The molecule has 1 aliphatic rings. The Balaban J connectivity index is 1.55. The van der Waals surface area contributed by atoms with Gasteiger partial charge in [0, 0.05) is 6.54 Å². The maximum absolute atomic E-state index is 12.7. The summed E-state index contributed by atoms with van der Waals surface area (Å²) in [5.74, 6) is 1.76. The molecule has 26 heavy (non-hydrogen) atoms. The molecule has 1 amide bonds. The molecule has 3 heterocycles. The molecule has 7 heteroatoms. The Kier molecular flexibility index (Phi) is 4.71. The predicted octanol–water partition coefficient (Wildman–Crippen LogP) is 3.71. The lowest BCUT2D eigenvalue weighted by Gasteiger charge is -2.21. The molecule has 0 aliphatic carbocycles. The van der Waals surface area contributed by atoms with Gasteiger partial charge < -0.3 is 14.2 Å². The fourth-order valence-corrected chi connectivity index (χ4v) is 3.97. The van der Waals surface area contributed by atoms with E-state index in [1.807, 2.05) is 46.0 Å². The fraction of sp³-hybridized carbons (Fsp3) is 0.316. The summed E-state index contributed by atoms with van der Waals surface area (Å²) in [5.41, 5.74) is 1.82. The van der Waals surface area contributed by atoms with Gasteiger partial charge in [-0.25, -0.2) is 0 Å². The minimum absolute atomic E-state index is 0.0999. The van der Waals surface area contributed by atoms with Gasteiger partial charge in [0.25, 0.3) is 0 Å². The highest BCUT2D eigenvalue weighted by atomic mass is 32.1. The highest BCUT2D eigenvalue weighted by molar-refractivity contribution is 7.08. The molecule has 134 valence electrons. The van der Waals surface area contributed by atoms with E-state index in [0.29, 0.717) is 23.9 Å². The molecule has 4 rings (SSSR count). The highest BCUT2D eigenvalue weighted by Gasteiger charge is 2.34. The molecule has 2 aromatic heterocycles. The average molecular weight is 369 g/mol. The van der Waals surface area contributed by atoms with Crippen molar-refractivity contribution in [3.63, 3.8) is 0 Å². The van der Waals surface area contributed by atoms with Crippen LogP contribution in [0.3, 0.4) is 0 Å². The van der Waals surface area contributed by atoms with Gasteiger partial charge in [-0.3, -0.25) is 4.79 Å². The van der Waals surface area contributed by atoms with Gasteiger partial charge >= 0.3 is 0 Å². The topological polar surface area (TPSA) is 68.5 Å². The van der Waals surface area contributed by atoms with Crippen molar-refractivity contribution in [1.29, 1.82) is 0 Å². The quantitative estimate of drug-likeness (QED) is 0.686. The molecule has 6 nitrogen and oxygen atoms in total. The number of ether oxygens (including phenoxy) is 1. The Morgan fingerprint density at radius 2 is 2.27 bits per heavy atom. The van der Waals surface area contributed by atoms with Gasteiger partial charge in [0.05, 0.1) is 19.1 Å². The van der Waals surface area contributed by atoms with Crippen molar-refractivity contribution >= 4 is 17.2 Å². The molecule has 1 aromatic carbocycles. The van der Waals surface area contributed by atoms with Gasteiger partial charge in [0.15, 0.2) is 0 Å². The molecular weight excluding hydrogens is 350 g/mol. The number of aromatic nitrogens is 2. The lowest BCUT2D eigenvalue weighted by molar-refractivity contribution is -0.131. The second kappa shape index (κ2) is 7.29. The van der Waals surface area contributed by atoms with Crippen LogP contribution in [-0.4, -0.2) is 34.6 Å². The summed E-state index contributed by atoms with van der Waals surface area (Å²) in [5, 5.41) is 8.10. The Morgan fingerprint density at radius 3 is 3.08 bits per heavy atom. The van der Waals surface area contributed by atoms with Gasteiger partial charge in [-0.05, 0) is 47.4 Å². The molecule has 0 bridgehead atoms. The van der Waals surface area contributed by atoms with Crippen LogP contribution >= 0.6 is 11.3 Å². The largest absolute Gasteiger partial charge is 0.496 e.